The third-order valence-electron chi connectivity index (χ3n) is 3.64. The van der Waals surface area contributed by atoms with E-state index in [1.54, 1.807) is 17.0 Å². The smallest absolute Gasteiger partial charge is 0.254 e. The quantitative estimate of drug-likeness (QED) is 0.816. The molecule has 1 amide bonds. The highest BCUT2D eigenvalue weighted by molar-refractivity contribution is 5.95. The summed E-state index contributed by atoms with van der Waals surface area (Å²) in [6, 6.07) is 14.1. The number of hydrogen-bond acceptors (Lipinski definition) is 1. The third kappa shape index (κ3) is 3.48. The van der Waals surface area contributed by atoms with E-state index in [4.69, 9.17) is 0 Å². The number of carbonyl (C=O) groups is 1. The van der Waals surface area contributed by atoms with Crippen LogP contribution in [0.3, 0.4) is 0 Å². The van der Waals surface area contributed by atoms with Crippen molar-refractivity contribution in [2.75, 3.05) is 13.1 Å². The monoisotopic (exact) mass is 285 g/mol. The fourth-order valence-electron chi connectivity index (χ4n) is 2.41. The van der Waals surface area contributed by atoms with Crippen LogP contribution in [0.5, 0.6) is 0 Å². The van der Waals surface area contributed by atoms with Crippen LogP contribution in [0.4, 0.5) is 4.39 Å². The van der Waals surface area contributed by atoms with Crippen molar-refractivity contribution in [1.82, 2.24) is 4.90 Å². The van der Waals surface area contributed by atoms with Crippen molar-refractivity contribution < 1.29 is 9.18 Å². The number of rotatable bonds is 5. The molecular formula is C18H20FNO. The first kappa shape index (κ1) is 15.2. The highest BCUT2D eigenvalue weighted by Gasteiger charge is 2.16. The molecule has 21 heavy (non-hydrogen) atoms. The fourth-order valence-corrected chi connectivity index (χ4v) is 2.41. The Morgan fingerprint density at radius 3 is 2.14 bits per heavy atom. The van der Waals surface area contributed by atoms with Gasteiger partial charge in [-0.2, -0.15) is 0 Å². The molecule has 2 aromatic carbocycles. The predicted molar refractivity (Wildman–Crippen MR) is 82.9 cm³/mol. The molecule has 2 rings (SSSR count). The lowest BCUT2D eigenvalue weighted by Crippen LogP contribution is -2.31. The van der Waals surface area contributed by atoms with Crippen LogP contribution in [0.15, 0.2) is 48.5 Å². The molecule has 2 aromatic rings. The Hall–Kier alpha value is -2.16. The van der Waals surface area contributed by atoms with Crippen LogP contribution in [0, 0.1) is 5.82 Å². The van der Waals surface area contributed by atoms with Gasteiger partial charge in [0.2, 0.25) is 0 Å². The molecule has 0 bridgehead atoms. The number of nitrogens with zero attached hydrogens (tertiary/aromatic N) is 1. The topological polar surface area (TPSA) is 20.3 Å². The van der Waals surface area contributed by atoms with Crippen molar-refractivity contribution in [2.45, 2.75) is 20.3 Å². The van der Waals surface area contributed by atoms with Gasteiger partial charge < -0.3 is 4.90 Å². The third-order valence-corrected chi connectivity index (χ3v) is 3.64. The molecule has 0 N–H and O–H groups in total. The number of amides is 1. The van der Waals surface area contributed by atoms with Crippen LogP contribution >= 0.6 is 0 Å². The number of halogens is 1. The second kappa shape index (κ2) is 7.02. The van der Waals surface area contributed by atoms with Crippen LogP contribution < -0.4 is 0 Å². The normalized spacial score (nSPS) is 10.4. The van der Waals surface area contributed by atoms with Gasteiger partial charge in [-0.15, -0.1) is 0 Å². The molecule has 0 saturated heterocycles. The Morgan fingerprint density at radius 2 is 1.52 bits per heavy atom. The van der Waals surface area contributed by atoms with Gasteiger partial charge in [-0.05, 0) is 37.1 Å². The summed E-state index contributed by atoms with van der Waals surface area (Å²) in [7, 11) is 0. The van der Waals surface area contributed by atoms with E-state index in [1.807, 2.05) is 44.2 Å². The zero-order valence-electron chi connectivity index (χ0n) is 12.5. The standard InChI is InChI=1S/C18H20FNO/c1-3-20(4-2)18(21)16-11-7-5-9-14(16)13-15-10-6-8-12-17(15)19/h5-12H,3-4,13H2,1-2H3. The van der Waals surface area contributed by atoms with E-state index in [0.29, 0.717) is 30.6 Å². The molecule has 3 heteroatoms. The average molecular weight is 285 g/mol. The van der Waals surface area contributed by atoms with Crippen molar-refractivity contribution >= 4 is 5.91 Å². The van der Waals surface area contributed by atoms with E-state index in [9.17, 15) is 9.18 Å². The Kier molecular flexibility index (Phi) is 5.09. The first-order chi connectivity index (χ1) is 10.2. The minimum atomic E-state index is -0.234. The van der Waals surface area contributed by atoms with Gasteiger partial charge in [-0.3, -0.25) is 4.79 Å². The van der Waals surface area contributed by atoms with Crippen LogP contribution in [-0.4, -0.2) is 23.9 Å². The maximum Gasteiger partial charge on any atom is 0.254 e. The summed E-state index contributed by atoms with van der Waals surface area (Å²) in [6.07, 6.45) is 0.426. The second-order valence-electron chi connectivity index (χ2n) is 4.90. The number of carbonyl (C=O) groups excluding carboxylic acids is 1. The Morgan fingerprint density at radius 1 is 0.952 bits per heavy atom. The molecule has 2 nitrogen and oxygen atoms in total. The zero-order chi connectivity index (χ0) is 15.2. The summed E-state index contributed by atoms with van der Waals surface area (Å²) < 4.78 is 13.8. The van der Waals surface area contributed by atoms with Crippen molar-refractivity contribution in [2.24, 2.45) is 0 Å². The lowest BCUT2D eigenvalue weighted by Gasteiger charge is -2.20. The lowest BCUT2D eigenvalue weighted by atomic mass is 9.98. The lowest BCUT2D eigenvalue weighted by molar-refractivity contribution is 0.0772. The summed E-state index contributed by atoms with van der Waals surface area (Å²) in [5, 5.41) is 0. The average Bonchev–Trinajstić information content (AvgIpc) is 2.51. The van der Waals surface area contributed by atoms with Crippen molar-refractivity contribution in [3.8, 4) is 0 Å². The molecule has 0 unspecified atom stereocenters. The summed E-state index contributed by atoms with van der Waals surface area (Å²) in [5.41, 5.74) is 2.13. The van der Waals surface area contributed by atoms with Gasteiger partial charge in [0.25, 0.3) is 5.91 Å². The minimum Gasteiger partial charge on any atom is -0.339 e. The van der Waals surface area contributed by atoms with Gasteiger partial charge in [0, 0.05) is 25.1 Å². The summed E-state index contributed by atoms with van der Waals surface area (Å²) in [4.78, 5) is 14.3. The van der Waals surface area contributed by atoms with Crippen molar-refractivity contribution in [3.63, 3.8) is 0 Å². The molecule has 0 fully saturated rings. The molecule has 0 radical (unpaired) electrons. The van der Waals surface area contributed by atoms with Gasteiger partial charge in [-0.25, -0.2) is 4.39 Å². The fraction of sp³-hybridized carbons (Fsp3) is 0.278. The predicted octanol–water partition coefficient (Wildman–Crippen LogP) is 3.90. The van der Waals surface area contributed by atoms with Gasteiger partial charge in [0.1, 0.15) is 5.82 Å². The summed E-state index contributed by atoms with van der Waals surface area (Å²) in [6.45, 7) is 5.26. The van der Waals surface area contributed by atoms with Crippen LogP contribution in [0.25, 0.3) is 0 Å². The van der Waals surface area contributed by atoms with E-state index >= 15 is 0 Å². The largest absolute Gasteiger partial charge is 0.339 e. The molecule has 110 valence electrons. The second-order valence-corrected chi connectivity index (χ2v) is 4.90. The van der Waals surface area contributed by atoms with E-state index < -0.39 is 0 Å². The summed E-state index contributed by atoms with van der Waals surface area (Å²) in [5.74, 6) is -0.227. The van der Waals surface area contributed by atoms with E-state index in [-0.39, 0.29) is 11.7 Å². The first-order valence-corrected chi connectivity index (χ1v) is 7.28. The minimum absolute atomic E-state index is 0.00643. The molecule has 0 aliphatic heterocycles. The van der Waals surface area contributed by atoms with Crippen LogP contribution in [0.1, 0.15) is 35.3 Å². The van der Waals surface area contributed by atoms with Gasteiger partial charge >= 0.3 is 0 Å². The molecule has 0 aromatic heterocycles. The molecule has 0 aliphatic rings. The van der Waals surface area contributed by atoms with Gasteiger partial charge in [-0.1, -0.05) is 36.4 Å². The number of hydrogen-bond donors (Lipinski definition) is 0. The maximum absolute atomic E-state index is 13.8. The molecular weight excluding hydrogens is 265 g/mol. The Balaban J connectivity index is 2.33. The molecule has 0 aliphatic carbocycles. The van der Waals surface area contributed by atoms with Gasteiger partial charge in [0.05, 0.1) is 0 Å². The van der Waals surface area contributed by atoms with Crippen LogP contribution in [-0.2, 0) is 6.42 Å². The maximum atomic E-state index is 13.8. The highest BCUT2D eigenvalue weighted by Crippen LogP contribution is 2.18. The molecule has 0 atom stereocenters. The SMILES string of the molecule is CCN(CC)C(=O)c1ccccc1Cc1ccccc1F. The Labute approximate surface area is 125 Å². The first-order valence-electron chi connectivity index (χ1n) is 7.28. The molecule has 0 heterocycles. The van der Waals surface area contributed by atoms with Gasteiger partial charge in [0.15, 0.2) is 0 Å². The van der Waals surface area contributed by atoms with Crippen molar-refractivity contribution in [1.29, 1.82) is 0 Å². The van der Waals surface area contributed by atoms with Crippen LogP contribution in [0.2, 0.25) is 0 Å². The molecule has 0 spiro atoms. The highest BCUT2D eigenvalue weighted by atomic mass is 19.1. The molecule has 0 saturated carbocycles. The summed E-state index contributed by atoms with van der Waals surface area (Å²) >= 11 is 0. The van der Waals surface area contributed by atoms with Crippen molar-refractivity contribution in [3.05, 3.63) is 71.0 Å². The van der Waals surface area contributed by atoms with E-state index in [2.05, 4.69) is 0 Å². The number of benzene rings is 2. The van der Waals surface area contributed by atoms with E-state index in [1.165, 1.54) is 6.07 Å². The zero-order valence-corrected chi connectivity index (χ0v) is 12.5. The Bertz CT molecular complexity index is 620. The van der Waals surface area contributed by atoms with E-state index in [0.717, 1.165) is 5.56 Å².